The van der Waals surface area contributed by atoms with Gasteiger partial charge >= 0.3 is 0 Å². The third-order valence-corrected chi connectivity index (χ3v) is 3.77. The number of benzene rings is 1. The summed E-state index contributed by atoms with van der Waals surface area (Å²) in [5.74, 6) is -1.02. The Morgan fingerprint density at radius 3 is 2.43 bits per heavy atom. The van der Waals surface area contributed by atoms with Crippen molar-refractivity contribution in [1.82, 2.24) is 9.80 Å². The Kier molecular flexibility index (Phi) is 3.47. The van der Waals surface area contributed by atoms with E-state index < -0.39 is 11.8 Å². The van der Waals surface area contributed by atoms with Gasteiger partial charge in [0.05, 0.1) is 23.8 Å². The first-order valence-electron chi connectivity index (χ1n) is 6.92. The number of hydrogen-bond donors (Lipinski definition) is 0. The highest BCUT2D eigenvalue weighted by Gasteiger charge is 2.37. The first kappa shape index (κ1) is 13.8. The second kappa shape index (κ2) is 5.29. The molecule has 0 aliphatic carbocycles. The first-order chi connectivity index (χ1) is 10.1. The summed E-state index contributed by atoms with van der Waals surface area (Å²) in [6.07, 6.45) is -0.0233. The molecule has 3 amide bonds. The van der Waals surface area contributed by atoms with Crippen LogP contribution in [0.15, 0.2) is 24.3 Å². The quantitative estimate of drug-likeness (QED) is 0.745. The highest BCUT2D eigenvalue weighted by Crippen LogP contribution is 2.22. The molecule has 6 nitrogen and oxygen atoms in total. The predicted octanol–water partition coefficient (Wildman–Crippen LogP) is 0.530. The normalized spacial score (nSPS) is 21.7. The van der Waals surface area contributed by atoms with E-state index in [1.165, 1.54) is 0 Å². The topological polar surface area (TPSA) is 66.9 Å². The predicted molar refractivity (Wildman–Crippen MR) is 73.8 cm³/mol. The second-order valence-electron chi connectivity index (χ2n) is 5.26. The van der Waals surface area contributed by atoms with Crippen molar-refractivity contribution in [2.24, 2.45) is 0 Å². The van der Waals surface area contributed by atoms with Crippen molar-refractivity contribution in [3.05, 3.63) is 35.4 Å². The van der Waals surface area contributed by atoms with E-state index in [-0.39, 0.29) is 18.6 Å². The van der Waals surface area contributed by atoms with Crippen molar-refractivity contribution in [1.29, 1.82) is 0 Å². The molecule has 1 aromatic rings. The Balaban J connectivity index is 1.73. The van der Waals surface area contributed by atoms with Crippen LogP contribution >= 0.6 is 0 Å². The molecule has 21 heavy (non-hydrogen) atoms. The Bertz CT molecular complexity index is 578. The Labute approximate surface area is 122 Å². The highest BCUT2D eigenvalue weighted by molar-refractivity contribution is 6.22. The maximum Gasteiger partial charge on any atom is 0.262 e. The number of carbonyl (C=O) groups is 3. The number of fused-ring (bicyclic) bond motifs is 1. The largest absolute Gasteiger partial charge is 0.375 e. The van der Waals surface area contributed by atoms with E-state index in [1.807, 2.05) is 6.92 Å². The van der Waals surface area contributed by atoms with Gasteiger partial charge in [-0.15, -0.1) is 0 Å². The summed E-state index contributed by atoms with van der Waals surface area (Å²) in [7, 11) is 0. The van der Waals surface area contributed by atoms with E-state index in [0.29, 0.717) is 30.8 Å². The minimum Gasteiger partial charge on any atom is -0.375 e. The van der Waals surface area contributed by atoms with E-state index in [9.17, 15) is 14.4 Å². The molecule has 0 spiro atoms. The second-order valence-corrected chi connectivity index (χ2v) is 5.26. The first-order valence-corrected chi connectivity index (χ1v) is 6.92. The van der Waals surface area contributed by atoms with Crippen LogP contribution in [0.1, 0.15) is 27.6 Å². The number of hydrogen-bond acceptors (Lipinski definition) is 4. The fourth-order valence-electron chi connectivity index (χ4n) is 2.66. The molecule has 2 aliphatic rings. The lowest BCUT2D eigenvalue weighted by atomic mass is 10.1. The third kappa shape index (κ3) is 2.42. The molecule has 0 bridgehead atoms. The molecule has 2 aliphatic heterocycles. The zero-order valence-corrected chi connectivity index (χ0v) is 11.7. The molecular weight excluding hydrogens is 272 g/mol. The smallest absolute Gasteiger partial charge is 0.262 e. The van der Waals surface area contributed by atoms with Crippen LogP contribution in [0.3, 0.4) is 0 Å². The van der Waals surface area contributed by atoms with E-state index in [4.69, 9.17) is 4.74 Å². The number of rotatable bonds is 2. The van der Waals surface area contributed by atoms with E-state index in [1.54, 1.807) is 29.2 Å². The highest BCUT2D eigenvalue weighted by atomic mass is 16.5. The fraction of sp³-hybridized carbons (Fsp3) is 0.400. The fourth-order valence-corrected chi connectivity index (χ4v) is 2.66. The van der Waals surface area contributed by atoms with Gasteiger partial charge < -0.3 is 9.64 Å². The Morgan fingerprint density at radius 1 is 1.24 bits per heavy atom. The maximum atomic E-state index is 12.3. The Morgan fingerprint density at radius 2 is 1.86 bits per heavy atom. The molecule has 1 aromatic carbocycles. The van der Waals surface area contributed by atoms with Crippen molar-refractivity contribution in [2.45, 2.75) is 13.0 Å². The van der Waals surface area contributed by atoms with Crippen molar-refractivity contribution in [3.63, 3.8) is 0 Å². The Hall–Kier alpha value is -2.21. The average molecular weight is 288 g/mol. The van der Waals surface area contributed by atoms with E-state index >= 15 is 0 Å². The summed E-state index contributed by atoms with van der Waals surface area (Å²) in [5.41, 5.74) is 0.733. The lowest BCUT2D eigenvalue weighted by molar-refractivity contribution is -0.138. The van der Waals surface area contributed by atoms with Crippen molar-refractivity contribution < 1.29 is 19.1 Å². The number of carbonyl (C=O) groups excluding carboxylic acids is 3. The van der Waals surface area contributed by atoms with Crippen molar-refractivity contribution >= 4 is 17.7 Å². The van der Waals surface area contributed by atoms with Gasteiger partial charge in [-0.3, -0.25) is 19.3 Å². The van der Waals surface area contributed by atoms with Crippen LogP contribution in [-0.2, 0) is 9.53 Å². The van der Waals surface area contributed by atoms with Crippen LogP contribution in [0, 0.1) is 0 Å². The number of ether oxygens (including phenoxy) is 1. The molecule has 0 unspecified atom stereocenters. The molecule has 6 heteroatoms. The summed E-state index contributed by atoms with van der Waals surface area (Å²) >= 11 is 0. The zero-order chi connectivity index (χ0) is 15.0. The van der Waals surface area contributed by atoms with Gasteiger partial charge in [-0.05, 0) is 19.1 Å². The molecule has 1 fully saturated rings. The molecule has 1 saturated heterocycles. The van der Waals surface area contributed by atoms with Gasteiger partial charge in [0.25, 0.3) is 11.8 Å². The minimum atomic E-state index is -0.398. The molecule has 2 heterocycles. The monoisotopic (exact) mass is 288 g/mol. The van der Waals surface area contributed by atoms with Gasteiger partial charge in [-0.25, -0.2) is 0 Å². The van der Waals surface area contributed by atoms with Gasteiger partial charge in [0.15, 0.2) is 0 Å². The van der Waals surface area contributed by atoms with Crippen LogP contribution in [-0.4, -0.2) is 59.9 Å². The average Bonchev–Trinajstić information content (AvgIpc) is 2.73. The third-order valence-electron chi connectivity index (χ3n) is 3.77. The summed E-state index contributed by atoms with van der Waals surface area (Å²) in [6.45, 7) is 3.14. The van der Waals surface area contributed by atoms with Crippen LogP contribution in [0.5, 0.6) is 0 Å². The van der Waals surface area contributed by atoms with Crippen LogP contribution < -0.4 is 0 Å². The number of amides is 3. The van der Waals surface area contributed by atoms with E-state index in [0.717, 1.165) is 4.90 Å². The lowest BCUT2D eigenvalue weighted by Crippen LogP contribution is -2.49. The summed E-state index contributed by atoms with van der Waals surface area (Å²) < 4.78 is 5.38. The molecule has 0 saturated carbocycles. The molecule has 0 aromatic heterocycles. The van der Waals surface area contributed by atoms with Gasteiger partial charge in [0.1, 0.15) is 6.54 Å². The molecule has 1 atom stereocenters. The molecule has 3 rings (SSSR count). The summed E-state index contributed by atoms with van der Waals surface area (Å²) in [6, 6.07) is 6.63. The van der Waals surface area contributed by atoms with Crippen molar-refractivity contribution in [3.8, 4) is 0 Å². The van der Waals surface area contributed by atoms with Crippen LogP contribution in [0.4, 0.5) is 0 Å². The SMILES string of the molecule is C[C@@H]1CN(C(=O)CN2C(=O)c3ccccc3C2=O)CCO1. The van der Waals surface area contributed by atoms with Gasteiger partial charge in [0.2, 0.25) is 5.91 Å². The number of nitrogens with zero attached hydrogens (tertiary/aromatic N) is 2. The van der Waals surface area contributed by atoms with E-state index in [2.05, 4.69) is 0 Å². The number of imide groups is 1. The van der Waals surface area contributed by atoms with Crippen LogP contribution in [0.2, 0.25) is 0 Å². The summed E-state index contributed by atoms with van der Waals surface area (Å²) in [4.78, 5) is 39.3. The minimum absolute atomic E-state index is 0.0233. The molecular formula is C15H16N2O4. The zero-order valence-electron chi connectivity index (χ0n) is 11.7. The maximum absolute atomic E-state index is 12.3. The van der Waals surface area contributed by atoms with Gasteiger partial charge in [0, 0.05) is 13.1 Å². The van der Waals surface area contributed by atoms with Crippen LogP contribution in [0.25, 0.3) is 0 Å². The molecule has 0 N–H and O–H groups in total. The van der Waals surface area contributed by atoms with Crippen molar-refractivity contribution in [2.75, 3.05) is 26.2 Å². The van der Waals surface area contributed by atoms with Gasteiger partial charge in [-0.2, -0.15) is 0 Å². The molecule has 110 valence electrons. The summed E-state index contributed by atoms with van der Waals surface area (Å²) in [5, 5.41) is 0. The lowest BCUT2D eigenvalue weighted by Gasteiger charge is -2.32. The number of morpholine rings is 1. The standard InChI is InChI=1S/C15H16N2O4/c1-10-8-16(6-7-21-10)13(18)9-17-14(19)11-4-2-3-5-12(11)15(17)20/h2-5,10H,6-9H2,1H3/t10-/m1/s1. The molecule has 0 radical (unpaired) electrons. The van der Waals surface area contributed by atoms with Gasteiger partial charge in [-0.1, -0.05) is 12.1 Å².